The van der Waals surface area contributed by atoms with Crippen LogP contribution in [0, 0.1) is 0 Å². The Labute approximate surface area is 143 Å². The molecule has 0 unspecified atom stereocenters. The molecule has 0 N–H and O–H groups in total. The van der Waals surface area contributed by atoms with Crippen molar-refractivity contribution in [2.75, 3.05) is 26.2 Å². The van der Waals surface area contributed by atoms with Crippen molar-refractivity contribution in [2.45, 2.75) is 13.1 Å². The zero-order chi connectivity index (χ0) is 17.1. The zero-order valence-electron chi connectivity index (χ0n) is 12.9. The van der Waals surface area contributed by atoms with Gasteiger partial charge in [0.25, 0.3) is 5.91 Å². The van der Waals surface area contributed by atoms with Gasteiger partial charge in [-0.1, -0.05) is 23.7 Å². The number of benzene rings is 1. The van der Waals surface area contributed by atoms with Crippen molar-refractivity contribution in [1.82, 2.24) is 19.6 Å². The lowest BCUT2D eigenvalue weighted by Gasteiger charge is -2.34. The third-order valence-corrected chi connectivity index (χ3v) is 4.26. The molecule has 128 valence electrons. The maximum Gasteiger partial charge on any atom is 0.333 e. The second kappa shape index (κ2) is 7.27. The molecule has 5 nitrogen and oxygen atoms in total. The van der Waals surface area contributed by atoms with E-state index < -0.39 is 12.5 Å². The number of rotatable bonds is 4. The predicted molar refractivity (Wildman–Crippen MR) is 86.1 cm³/mol. The molecule has 0 saturated carbocycles. The largest absolute Gasteiger partial charge is 0.335 e. The summed E-state index contributed by atoms with van der Waals surface area (Å²) >= 11 is 5.98. The molecular formula is C16H17ClF2N4O. The van der Waals surface area contributed by atoms with E-state index in [1.54, 1.807) is 4.90 Å². The second-order valence-electron chi connectivity index (χ2n) is 5.64. The van der Waals surface area contributed by atoms with Gasteiger partial charge in [-0.15, -0.1) is 0 Å². The van der Waals surface area contributed by atoms with Gasteiger partial charge in [0.2, 0.25) is 0 Å². The highest BCUT2D eigenvalue weighted by molar-refractivity contribution is 6.30. The highest BCUT2D eigenvalue weighted by Crippen LogP contribution is 2.17. The van der Waals surface area contributed by atoms with E-state index in [0.29, 0.717) is 35.9 Å². The monoisotopic (exact) mass is 354 g/mol. The minimum Gasteiger partial charge on any atom is -0.335 e. The van der Waals surface area contributed by atoms with Crippen LogP contribution < -0.4 is 0 Å². The molecule has 1 aromatic carbocycles. The first kappa shape index (κ1) is 16.9. The third-order valence-electron chi connectivity index (χ3n) is 4.03. The Morgan fingerprint density at radius 2 is 1.96 bits per heavy atom. The molecule has 1 aliphatic heterocycles. The predicted octanol–water partition coefficient (Wildman–Crippen LogP) is 2.89. The molecule has 1 aliphatic rings. The van der Waals surface area contributed by atoms with Crippen molar-refractivity contribution in [3.63, 3.8) is 0 Å². The number of amides is 1. The van der Waals surface area contributed by atoms with Gasteiger partial charge in [0.1, 0.15) is 5.69 Å². The summed E-state index contributed by atoms with van der Waals surface area (Å²) in [5.74, 6) is -0.407. The molecule has 8 heteroatoms. The van der Waals surface area contributed by atoms with Gasteiger partial charge < -0.3 is 4.90 Å². The summed E-state index contributed by atoms with van der Waals surface area (Å²) in [5, 5.41) is 4.20. The standard InChI is InChI=1S/C16H17ClF2N4O/c17-13-3-1-2-12(10-13)11-21-6-8-22(9-7-21)15(24)14-4-5-20-23(14)16(18)19/h1-5,10,16H,6-9,11H2. The van der Waals surface area contributed by atoms with Gasteiger partial charge in [-0.25, -0.2) is 0 Å². The Morgan fingerprint density at radius 3 is 2.62 bits per heavy atom. The molecule has 0 radical (unpaired) electrons. The smallest absolute Gasteiger partial charge is 0.333 e. The molecule has 0 aliphatic carbocycles. The number of piperazine rings is 1. The molecule has 0 atom stereocenters. The molecule has 1 fully saturated rings. The lowest BCUT2D eigenvalue weighted by atomic mass is 10.2. The number of aromatic nitrogens is 2. The minimum absolute atomic E-state index is 0.0757. The summed E-state index contributed by atoms with van der Waals surface area (Å²) in [4.78, 5) is 16.2. The van der Waals surface area contributed by atoms with Crippen LogP contribution in [0.3, 0.4) is 0 Å². The van der Waals surface area contributed by atoms with Crippen LogP contribution in [0.5, 0.6) is 0 Å². The van der Waals surface area contributed by atoms with E-state index in [9.17, 15) is 13.6 Å². The third kappa shape index (κ3) is 3.73. The van der Waals surface area contributed by atoms with Crippen LogP contribution in [0.2, 0.25) is 5.02 Å². The van der Waals surface area contributed by atoms with Crippen molar-refractivity contribution in [3.8, 4) is 0 Å². The molecule has 1 saturated heterocycles. The molecule has 24 heavy (non-hydrogen) atoms. The van der Waals surface area contributed by atoms with E-state index in [1.165, 1.54) is 12.3 Å². The quantitative estimate of drug-likeness (QED) is 0.847. The normalized spacial score (nSPS) is 15.9. The average Bonchev–Trinajstić information content (AvgIpc) is 3.05. The highest BCUT2D eigenvalue weighted by Gasteiger charge is 2.26. The summed E-state index contributed by atoms with van der Waals surface area (Å²) in [6.45, 7) is 0.282. The number of hydrogen-bond donors (Lipinski definition) is 0. The van der Waals surface area contributed by atoms with Gasteiger partial charge >= 0.3 is 6.55 Å². The molecule has 3 rings (SSSR count). The first-order chi connectivity index (χ1) is 11.5. The van der Waals surface area contributed by atoms with Crippen LogP contribution in [0.15, 0.2) is 36.5 Å². The van der Waals surface area contributed by atoms with E-state index in [1.807, 2.05) is 24.3 Å². The number of carbonyl (C=O) groups is 1. The van der Waals surface area contributed by atoms with E-state index in [4.69, 9.17) is 11.6 Å². The van der Waals surface area contributed by atoms with Gasteiger partial charge in [0, 0.05) is 43.9 Å². The SMILES string of the molecule is O=C(c1ccnn1C(F)F)N1CCN(Cc2cccc(Cl)c2)CC1. The number of halogens is 3. The van der Waals surface area contributed by atoms with Crippen molar-refractivity contribution >= 4 is 17.5 Å². The zero-order valence-corrected chi connectivity index (χ0v) is 13.7. The first-order valence-corrected chi connectivity index (χ1v) is 8.00. The van der Waals surface area contributed by atoms with Gasteiger partial charge in [0.05, 0.1) is 0 Å². The lowest BCUT2D eigenvalue weighted by molar-refractivity contribution is 0.0424. The average molecular weight is 355 g/mol. The Morgan fingerprint density at radius 1 is 1.21 bits per heavy atom. The molecule has 2 heterocycles. The van der Waals surface area contributed by atoms with Crippen molar-refractivity contribution in [1.29, 1.82) is 0 Å². The molecule has 1 aromatic heterocycles. The molecule has 0 spiro atoms. The number of nitrogens with zero attached hydrogens (tertiary/aromatic N) is 4. The summed E-state index contributed by atoms with van der Waals surface area (Å²) < 4.78 is 26.1. The first-order valence-electron chi connectivity index (χ1n) is 7.62. The Balaban J connectivity index is 1.58. The van der Waals surface area contributed by atoms with Crippen molar-refractivity contribution < 1.29 is 13.6 Å². The van der Waals surface area contributed by atoms with Gasteiger partial charge in [-0.3, -0.25) is 9.69 Å². The second-order valence-corrected chi connectivity index (χ2v) is 6.07. The number of carbonyl (C=O) groups excluding carboxylic acids is 1. The van der Waals surface area contributed by atoms with Crippen LogP contribution in [0.25, 0.3) is 0 Å². The van der Waals surface area contributed by atoms with Gasteiger partial charge in [-0.05, 0) is 23.8 Å². The van der Waals surface area contributed by atoms with E-state index >= 15 is 0 Å². The Bertz CT molecular complexity index is 714. The summed E-state index contributed by atoms with van der Waals surface area (Å²) in [6.07, 6.45) is 1.22. The van der Waals surface area contributed by atoms with Crippen molar-refractivity contribution in [3.05, 3.63) is 52.8 Å². The Kier molecular flexibility index (Phi) is 5.11. The molecule has 1 amide bonds. The topological polar surface area (TPSA) is 41.4 Å². The Hall–Kier alpha value is -1.99. The summed E-state index contributed by atoms with van der Waals surface area (Å²) in [7, 11) is 0. The van der Waals surface area contributed by atoms with Crippen LogP contribution in [0.4, 0.5) is 8.78 Å². The van der Waals surface area contributed by atoms with E-state index in [-0.39, 0.29) is 5.69 Å². The summed E-state index contributed by atoms with van der Waals surface area (Å²) in [6, 6.07) is 8.98. The maximum absolute atomic E-state index is 12.8. The fourth-order valence-electron chi connectivity index (χ4n) is 2.80. The van der Waals surface area contributed by atoms with Crippen LogP contribution in [-0.2, 0) is 6.54 Å². The lowest BCUT2D eigenvalue weighted by Crippen LogP contribution is -2.48. The van der Waals surface area contributed by atoms with Crippen molar-refractivity contribution in [2.24, 2.45) is 0 Å². The van der Waals surface area contributed by atoms with Crippen LogP contribution >= 0.6 is 11.6 Å². The van der Waals surface area contributed by atoms with Gasteiger partial charge in [-0.2, -0.15) is 18.6 Å². The van der Waals surface area contributed by atoms with Gasteiger partial charge in [0.15, 0.2) is 0 Å². The maximum atomic E-state index is 12.8. The minimum atomic E-state index is -2.82. The van der Waals surface area contributed by atoms with E-state index in [2.05, 4.69) is 10.00 Å². The number of hydrogen-bond acceptors (Lipinski definition) is 3. The fraction of sp³-hybridized carbons (Fsp3) is 0.375. The molecule has 0 bridgehead atoms. The fourth-order valence-corrected chi connectivity index (χ4v) is 3.02. The highest BCUT2D eigenvalue weighted by atomic mass is 35.5. The summed E-state index contributed by atoms with van der Waals surface area (Å²) in [5.41, 5.74) is 1.03. The van der Waals surface area contributed by atoms with Crippen LogP contribution in [0.1, 0.15) is 22.6 Å². The molecular weight excluding hydrogens is 338 g/mol. The number of alkyl halides is 2. The van der Waals surface area contributed by atoms with E-state index in [0.717, 1.165) is 12.1 Å². The molecule has 2 aromatic rings. The van der Waals surface area contributed by atoms with Crippen LogP contribution in [-0.4, -0.2) is 51.7 Å².